The van der Waals surface area contributed by atoms with Crippen molar-refractivity contribution in [2.24, 2.45) is 0 Å². The van der Waals surface area contributed by atoms with E-state index >= 15 is 0 Å². The van der Waals surface area contributed by atoms with Gasteiger partial charge in [-0.2, -0.15) is 0 Å². The fourth-order valence-corrected chi connectivity index (χ4v) is 2.84. The van der Waals surface area contributed by atoms with Gasteiger partial charge in [0, 0.05) is 49.7 Å². The molecule has 1 aliphatic rings. The van der Waals surface area contributed by atoms with Gasteiger partial charge in [0.2, 0.25) is 5.52 Å². The Hall–Kier alpha value is -2.90. The van der Waals surface area contributed by atoms with E-state index in [1.54, 1.807) is 12.3 Å². The molecule has 3 heterocycles. The molecule has 0 atom stereocenters. The number of fused-ring (bicyclic) bond motifs is 1. The summed E-state index contributed by atoms with van der Waals surface area (Å²) in [6.07, 6.45) is 1.76. The van der Waals surface area contributed by atoms with Crippen molar-refractivity contribution in [3.63, 3.8) is 0 Å². The number of aromatic nitrogens is 3. The zero-order chi connectivity index (χ0) is 15.8. The van der Waals surface area contributed by atoms with E-state index in [1.165, 1.54) is 6.07 Å². The molecule has 0 unspecified atom stereocenters. The molecule has 0 spiro atoms. The van der Waals surface area contributed by atoms with E-state index in [1.807, 2.05) is 23.1 Å². The van der Waals surface area contributed by atoms with E-state index in [9.17, 15) is 9.60 Å². The Labute approximate surface area is 131 Å². The van der Waals surface area contributed by atoms with Crippen LogP contribution in [-0.2, 0) is 0 Å². The van der Waals surface area contributed by atoms with Crippen LogP contribution in [0.15, 0.2) is 41.2 Å². The lowest BCUT2D eigenvalue weighted by atomic mass is 10.2. The summed E-state index contributed by atoms with van der Waals surface area (Å²) in [7, 11) is 0. The van der Waals surface area contributed by atoms with Crippen molar-refractivity contribution >= 4 is 22.5 Å². The Bertz CT molecular complexity index is 831. The molecule has 3 aromatic rings. The molecule has 1 aromatic carbocycles. The summed E-state index contributed by atoms with van der Waals surface area (Å²) < 4.78 is 18.8. The fraction of sp³-hybridized carbons (Fsp3) is 0.267. The summed E-state index contributed by atoms with van der Waals surface area (Å²) in [5, 5.41) is 15.0. The zero-order valence-corrected chi connectivity index (χ0v) is 12.2. The minimum Gasteiger partial charge on any atom is -0.365 e. The smallest absolute Gasteiger partial charge is 0.250 e. The van der Waals surface area contributed by atoms with Gasteiger partial charge in [-0.05, 0) is 17.0 Å². The molecule has 0 saturated carbocycles. The van der Waals surface area contributed by atoms with E-state index in [-0.39, 0.29) is 10.4 Å². The van der Waals surface area contributed by atoms with E-state index in [0.29, 0.717) is 24.3 Å². The van der Waals surface area contributed by atoms with Gasteiger partial charge < -0.3 is 15.0 Å². The molecule has 8 heteroatoms. The van der Waals surface area contributed by atoms with Gasteiger partial charge in [0.15, 0.2) is 5.82 Å². The number of pyridine rings is 1. The van der Waals surface area contributed by atoms with Crippen molar-refractivity contribution in [3.8, 4) is 0 Å². The number of benzene rings is 1. The van der Waals surface area contributed by atoms with Crippen molar-refractivity contribution < 1.29 is 13.9 Å². The average Bonchev–Trinajstić information content (AvgIpc) is 2.95. The van der Waals surface area contributed by atoms with Gasteiger partial charge in [-0.3, -0.25) is 4.63 Å². The summed E-state index contributed by atoms with van der Waals surface area (Å²) in [5.74, 6) is 0.476. The monoisotopic (exact) mass is 315 g/mol. The topological polar surface area (TPSA) is 72.3 Å². The van der Waals surface area contributed by atoms with Gasteiger partial charge in [-0.25, -0.2) is 9.37 Å². The number of hydrogen-bond acceptors (Lipinski definition) is 6. The molecule has 118 valence electrons. The Morgan fingerprint density at radius 3 is 2.65 bits per heavy atom. The highest BCUT2D eigenvalue weighted by atomic mass is 19.1. The third-order valence-corrected chi connectivity index (χ3v) is 4.05. The Kier molecular flexibility index (Phi) is 3.22. The van der Waals surface area contributed by atoms with Gasteiger partial charge in [-0.1, -0.05) is 6.07 Å². The van der Waals surface area contributed by atoms with Crippen molar-refractivity contribution in [1.29, 1.82) is 0 Å². The highest BCUT2D eigenvalue weighted by Crippen LogP contribution is 2.25. The predicted octanol–water partition coefficient (Wildman–Crippen LogP) is 1.32. The Balaban J connectivity index is 1.55. The van der Waals surface area contributed by atoms with Crippen LogP contribution < -0.4 is 14.7 Å². The molecule has 0 N–H and O–H groups in total. The lowest BCUT2D eigenvalue weighted by Gasteiger charge is -2.36. The van der Waals surface area contributed by atoms with E-state index in [2.05, 4.69) is 19.7 Å². The fourth-order valence-electron chi connectivity index (χ4n) is 2.84. The predicted molar refractivity (Wildman–Crippen MR) is 81.6 cm³/mol. The SMILES string of the molecule is [O-][n+]1onc2cc(N3CCN(c4ccccn4)CC3)c(F)cc21. The largest absolute Gasteiger partial charge is 0.365 e. The van der Waals surface area contributed by atoms with E-state index < -0.39 is 5.82 Å². The highest BCUT2D eigenvalue weighted by molar-refractivity contribution is 5.76. The second-order valence-electron chi connectivity index (χ2n) is 5.38. The molecule has 4 rings (SSSR count). The number of rotatable bonds is 2. The number of anilines is 2. The Morgan fingerprint density at radius 1 is 1.13 bits per heavy atom. The maximum absolute atomic E-state index is 14.3. The number of hydrogen-bond donors (Lipinski definition) is 0. The molecular formula is C15H14FN5O2. The summed E-state index contributed by atoms with van der Waals surface area (Å²) in [5.41, 5.74) is 0.883. The van der Waals surface area contributed by atoms with Crippen molar-refractivity contribution in [2.45, 2.75) is 0 Å². The highest BCUT2D eigenvalue weighted by Gasteiger charge is 2.23. The quantitative estimate of drug-likeness (QED) is 0.664. The summed E-state index contributed by atoms with van der Waals surface area (Å²) in [6, 6.07) is 8.51. The van der Waals surface area contributed by atoms with Crippen LogP contribution in [0.2, 0.25) is 0 Å². The van der Waals surface area contributed by atoms with Crippen LogP contribution in [0.5, 0.6) is 0 Å². The number of nitrogens with zero attached hydrogens (tertiary/aromatic N) is 5. The molecule has 0 aliphatic carbocycles. The van der Waals surface area contributed by atoms with Crippen molar-refractivity contribution in [1.82, 2.24) is 10.1 Å². The van der Waals surface area contributed by atoms with Gasteiger partial charge >= 0.3 is 0 Å². The minimum absolute atomic E-state index is 0.0957. The number of piperazine rings is 1. The third-order valence-electron chi connectivity index (χ3n) is 4.05. The maximum atomic E-state index is 14.3. The minimum atomic E-state index is -0.448. The van der Waals surface area contributed by atoms with Gasteiger partial charge in [-0.15, -0.1) is 0 Å². The molecule has 2 aromatic heterocycles. The first kappa shape index (κ1) is 13.7. The van der Waals surface area contributed by atoms with Crippen LogP contribution in [0.1, 0.15) is 0 Å². The molecule has 1 aliphatic heterocycles. The molecule has 0 radical (unpaired) electrons. The molecule has 7 nitrogen and oxygen atoms in total. The van der Waals surface area contributed by atoms with Gasteiger partial charge in [0.1, 0.15) is 5.82 Å². The van der Waals surface area contributed by atoms with Crippen LogP contribution in [0.25, 0.3) is 11.0 Å². The normalized spacial score (nSPS) is 15.3. The average molecular weight is 315 g/mol. The standard InChI is InChI=1S/C15H14FN5O2/c16-11-9-14-12(18-23-21(14)22)10-13(11)19-5-7-20(8-6-19)15-3-1-2-4-17-15/h1-4,9-10H,5-8H2. The summed E-state index contributed by atoms with van der Waals surface area (Å²) in [4.78, 5) is 8.65. The molecule has 0 amide bonds. The maximum Gasteiger partial charge on any atom is 0.250 e. The first-order valence-electron chi connectivity index (χ1n) is 7.32. The number of halogens is 1. The van der Waals surface area contributed by atoms with E-state index in [0.717, 1.165) is 18.9 Å². The van der Waals surface area contributed by atoms with Crippen LogP contribution >= 0.6 is 0 Å². The van der Waals surface area contributed by atoms with Crippen LogP contribution in [0.4, 0.5) is 15.9 Å². The summed E-state index contributed by atoms with van der Waals surface area (Å²) >= 11 is 0. The molecule has 1 fully saturated rings. The second kappa shape index (κ2) is 5.38. The van der Waals surface area contributed by atoms with Crippen molar-refractivity contribution in [3.05, 3.63) is 47.6 Å². The first-order chi connectivity index (χ1) is 11.2. The lowest BCUT2D eigenvalue weighted by Crippen LogP contribution is -2.47. The lowest BCUT2D eigenvalue weighted by molar-refractivity contribution is -0.782. The zero-order valence-electron chi connectivity index (χ0n) is 12.2. The van der Waals surface area contributed by atoms with Crippen LogP contribution in [0, 0.1) is 11.0 Å². The molecule has 0 bridgehead atoms. The molecule has 23 heavy (non-hydrogen) atoms. The Morgan fingerprint density at radius 2 is 1.91 bits per heavy atom. The van der Waals surface area contributed by atoms with Crippen LogP contribution in [-0.4, -0.2) is 36.3 Å². The molecular weight excluding hydrogens is 301 g/mol. The van der Waals surface area contributed by atoms with Gasteiger partial charge in [0.25, 0.3) is 5.52 Å². The van der Waals surface area contributed by atoms with Crippen molar-refractivity contribution in [2.75, 3.05) is 36.0 Å². The van der Waals surface area contributed by atoms with E-state index in [4.69, 9.17) is 0 Å². The summed E-state index contributed by atoms with van der Waals surface area (Å²) in [6.45, 7) is 2.81. The first-order valence-corrected chi connectivity index (χ1v) is 7.32. The third kappa shape index (κ3) is 2.41. The molecule has 1 saturated heterocycles. The van der Waals surface area contributed by atoms with Crippen LogP contribution in [0.3, 0.4) is 0 Å². The van der Waals surface area contributed by atoms with Gasteiger partial charge in [0.05, 0.1) is 5.69 Å². The second-order valence-corrected chi connectivity index (χ2v) is 5.38.